The molecule has 0 unspecified atom stereocenters. The van der Waals surface area contributed by atoms with Crippen LogP contribution in [-0.2, 0) is 6.18 Å². The maximum Gasteiger partial charge on any atom is 0.416 e. The Morgan fingerprint density at radius 3 is 2.32 bits per heavy atom. The number of halogens is 5. The quantitative estimate of drug-likeness (QED) is 0.472. The zero-order valence-corrected chi connectivity index (χ0v) is 16.2. The molecule has 0 aliphatic carbocycles. The molecule has 2 aromatic carbocycles. The fraction of sp³-hybridized carbons (Fsp3) is 0.250. The molecular weight excluding hydrogens is 412 g/mol. The van der Waals surface area contributed by atoms with E-state index in [1.807, 2.05) is 9.80 Å². The van der Waals surface area contributed by atoms with Crippen molar-refractivity contribution >= 4 is 34.7 Å². The standard InChI is InChI=1S/C20H17Cl2F3N2O/c21-17-5-4-14(12-18(17)22)19(28)6-7-26-8-10-27(11-9-26)16-3-1-2-15(13-16)20(23,24)25/h1-7,12-13H,8-11H2. The average molecular weight is 429 g/mol. The third-order valence-electron chi connectivity index (χ3n) is 4.49. The molecule has 0 N–H and O–H groups in total. The van der Waals surface area contributed by atoms with E-state index in [4.69, 9.17) is 23.2 Å². The van der Waals surface area contributed by atoms with Crippen LogP contribution in [0.5, 0.6) is 0 Å². The van der Waals surface area contributed by atoms with E-state index in [0.29, 0.717) is 47.5 Å². The normalized spacial score (nSPS) is 15.3. The number of carbonyl (C=O) groups excluding carboxylic acids is 1. The first kappa shape index (κ1) is 20.6. The van der Waals surface area contributed by atoms with Gasteiger partial charge in [-0.15, -0.1) is 0 Å². The van der Waals surface area contributed by atoms with E-state index in [1.54, 1.807) is 24.4 Å². The maximum atomic E-state index is 12.9. The van der Waals surface area contributed by atoms with Crippen LogP contribution in [0.2, 0.25) is 10.0 Å². The number of alkyl halides is 3. The van der Waals surface area contributed by atoms with E-state index in [9.17, 15) is 18.0 Å². The SMILES string of the molecule is O=C(C=CN1CCN(c2cccc(C(F)(F)F)c2)CC1)c1ccc(Cl)c(Cl)c1. The number of anilines is 1. The molecule has 0 bridgehead atoms. The van der Waals surface area contributed by atoms with Gasteiger partial charge in [0.2, 0.25) is 0 Å². The molecule has 1 fully saturated rings. The molecule has 0 radical (unpaired) electrons. The summed E-state index contributed by atoms with van der Waals surface area (Å²) in [6, 6.07) is 10.0. The summed E-state index contributed by atoms with van der Waals surface area (Å²) >= 11 is 11.8. The Balaban J connectivity index is 1.59. The Bertz CT molecular complexity index is 891. The highest BCUT2D eigenvalue weighted by Gasteiger charge is 2.31. The van der Waals surface area contributed by atoms with Gasteiger partial charge in [-0.25, -0.2) is 0 Å². The van der Waals surface area contributed by atoms with Crippen LogP contribution in [0.15, 0.2) is 54.7 Å². The number of benzene rings is 2. The molecule has 148 valence electrons. The van der Waals surface area contributed by atoms with Gasteiger partial charge in [-0.05, 0) is 36.4 Å². The molecule has 1 aliphatic rings. The Morgan fingerprint density at radius 2 is 1.68 bits per heavy atom. The summed E-state index contributed by atoms with van der Waals surface area (Å²) < 4.78 is 38.6. The van der Waals surface area contributed by atoms with Crippen molar-refractivity contribution in [3.05, 3.63) is 75.9 Å². The highest BCUT2D eigenvalue weighted by molar-refractivity contribution is 6.42. The minimum atomic E-state index is -4.36. The minimum Gasteiger partial charge on any atom is -0.374 e. The minimum absolute atomic E-state index is 0.195. The largest absolute Gasteiger partial charge is 0.416 e. The van der Waals surface area contributed by atoms with Crippen LogP contribution in [0.25, 0.3) is 0 Å². The molecule has 0 aromatic heterocycles. The summed E-state index contributed by atoms with van der Waals surface area (Å²) in [5.74, 6) is -0.195. The molecule has 3 rings (SSSR count). The predicted octanol–water partition coefficient (Wildman–Crippen LogP) is 5.53. The zero-order chi connectivity index (χ0) is 20.3. The van der Waals surface area contributed by atoms with Crippen molar-refractivity contribution < 1.29 is 18.0 Å². The number of hydrogen-bond donors (Lipinski definition) is 0. The van der Waals surface area contributed by atoms with E-state index < -0.39 is 11.7 Å². The van der Waals surface area contributed by atoms with Crippen molar-refractivity contribution in [2.75, 3.05) is 31.1 Å². The Hall–Kier alpha value is -2.18. The van der Waals surface area contributed by atoms with Gasteiger partial charge in [-0.2, -0.15) is 13.2 Å². The van der Waals surface area contributed by atoms with E-state index in [1.165, 1.54) is 24.3 Å². The van der Waals surface area contributed by atoms with Gasteiger partial charge in [0.1, 0.15) is 0 Å². The summed E-state index contributed by atoms with van der Waals surface area (Å²) in [5.41, 5.74) is 0.332. The number of carbonyl (C=O) groups is 1. The van der Waals surface area contributed by atoms with Crippen LogP contribution >= 0.6 is 23.2 Å². The number of nitrogens with zero attached hydrogens (tertiary/aromatic N) is 2. The highest BCUT2D eigenvalue weighted by atomic mass is 35.5. The van der Waals surface area contributed by atoms with Gasteiger partial charge in [-0.3, -0.25) is 4.79 Å². The molecule has 0 amide bonds. The average Bonchev–Trinajstić information content (AvgIpc) is 2.68. The molecule has 8 heteroatoms. The monoisotopic (exact) mass is 428 g/mol. The second kappa shape index (κ2) is 8.45. The third kappa shape index (κ3) is 5.00. The van der Waals surface area contributed by atoms with Gasteiger partial charge in [0.25, 0.3) is 0 Å². The lowest BCUT2D eigenvalue weighted by molar-refractivity contribution is -0.137. The van der Waals surface area contributed by atoms with Crippen molar-refractivity contribution in [3.8, 4) is 0 Å². The fourth-order valence-corrected chi connectivity index (χ4v) is 3.22. The van der Waals surface area contributed by atoms with Crippen molar-refractivity contribution in [2.24, 2.45) is 0 Å². The lowest BCUT2D eigenvalue weighted by Gasteiger charge is -2.35. The smallest absolute Gasteiger partial charge is 0.374 e. The molecule has 1 aliphatic heterocycles. The van der Waals surface area contributed by atoms with Crippen LogP contribution in [-0.4, -0.2) is 36.9 Å². The first-order valence-electron chi connectivity index (χ1n) is 8.58. The van der Waals surface area contributed by atoms with Gasteiger partial charge in [0.05, 0.1) is 15.6 Å². The number of allylic oxidation sites excluding steroid dienone is 1. The van der Waals surface area contributed by atoms with Crippen LogP contribution < -0.4 is 4.90 Å². The summed E-state index contributed by atoms with van der Waals surface area (Å²) in [5, 5.41) is 0.698. The number of ketones is 1. The molecule has 0 spiro atoms. The first-order valence-corrected chi connectivity index (χ1v) is 9.33. The Labute approximate surface area is 170 Å². The second-order valence-corrected chi connectivity index (χ2v) is 7.19. The van der Waals surface area contributed by atoms with Gasteiger partial charge in [0.15, 0.2) is 5.78 Å². The topological polar surface area (TPSA) is 23.6 Å². The van der Waals surface area contributed by atoms with Crippen molar-refractivity contribution in [2.45, 2.75) is 6.18 Å². The number of hydrogen-bond acceptors (Lipinski definition) is 3. The molecule has 1 saturated heterocycles. The van der Waals surface area contributed by atoms with Crippen LogP contribution in [0.3, 0.4) is 0 Å². The van der Waals surface area contributed by atoms with Gasteiger partial charge >= 0.3 is 6.18 Å². The first-order chi connectivity index (χ1) is 13.2. The van der Waals surface area contributed by atoms with Crippen LogP contribution in [0.1, 0.15) is 15.9 Å². The molecule has 1 heterocycles. The zero-order valence-electron chi connectivity index (χ0n) is 14.7. The fourth-order valence-electron chi connectivity index (χ4n) is 2.93. The van der Waals surface area contributed by atoms with Gasteiger partial charge in [0, 0.05) is 49.7 Å². The summed E-state index contributed by atoms with van der Waals surface area (Å²) in [4.78, 5) is 16.1. The van der Waals surface area contributed by atoms with Crippen LogP contribution in [0, 0.1) is 0 Å². The van der Waals surface area contributed by atoms with Crippen molar-refractivity contribution in [1.82, 2.24) is 4.90 Å². The highest BCUT2D eigenvalue weighted by Crippen LogP contribution is 2.32. The molecule has 28 heavy (non-hydrogen) atoms. The van der Waals surface area contributed by atoms with Crippen molar-refractivity contribution in [3.63, 3.8) is 0 Å². The van der Waals surface area contributed by atoms with E-state index in [2.05, 4.69) is 0 Å². The summed E-state index contributed by atoms with van der Waals surface area (Å²) in [6.07, 6.45) is -1.20. The Kier molecular flexibility index (Phi) is 6.20. The molecule has 0 saturated carbocycles. The third-order valence-corrected chi connectivity index (χ3v) is 5.23. The van der Waals surface area contributed by atoms with Crippen LogP contribution in [0.4, 0.5) is 18.9 Å². The molecular formula is C20H17Cl2F3N2O. The number of rotatable bonds is 4. The van der Waals surface area contributed by atoms with Crippen molar-refractivity contribution in [1.29, 1.82) is 0 Å². The lowest BCUT2D eigenvalue weighted by Crippen LogP contribution is -2.44. The second-order valence-electron chi connectivity index (χ2n) is 6.38. The predicted molar refractivity (Wildman–Crippen MR) is 105 cm³/mol. The molecule has 0 atom stereocenters. The maximum absolute atomic E-state index is 12.9. The van der Waals surface area contributed by atoms with E-state index in [-0.39, 0.29) is 5.78 Å². The van der Waals surface area contributed by atoms with E-state index in [0.717, 1.165) is 6.07 Å². The lowest BCUT2D eigenvalue weighted by atomic mass is 10.1. The summed E-state index contributed by atoms with van der Waals surface area (Å²) in [6.45, 7) is 2.32. The summed E-state index contributed by atoms with van der Waals surface area (Å²) in [7, 11) is 0. The number of piperazine rings is 1. The van der Waals surface area contributed by atoms with Gasteiger partial charge in [-0.1, -0.05) is 29.3 Å². The molecule has 3 nitrogen and oxygen atoms in total. The van der Waals surface area contributed by atoms with Gasteiger partial charge < -0.3 is 9.80 Å². The van der Waals surface area contributed by atoms with E-state index >= 15 is 0 Å². The Morgan fingerprint density at radius 1 is 0.964 bits per heavy atom. The molecule has 2 aromatic rings.